The van der Waals surface area contributed by atoms with Crippen molar-refractivity contribution >= 4 is 62.4 Å². The Kier molecular flexibility index (Phi) is 6.18. The van der Waals surface area contributed by atoms with E-state index in [4.69, 9.17) is 27.9 Å². The molecule has 6 nitrogen and oxygen atoms in total. The molecule has 2 aromatic carbocycles. The van der Waals surface area contributed by atoms with Crippen LogP contribution < -0.4 is 10.9 Å². The van der Waals surface area contributed by atoms with Gasteiger partial charge >= 0.3 is 5.97 Å². The minimum absolute atomic E-state index is 0.173. The predicted octanol–water partition coefficient (Wildman–Crippen LogP) is 4.21. The first-order chi connectivity index (χ1) is 13.4. The van der Waals surface area contributed by atoms with Gasteiger partial charge in [-0.05, 0) is 31.2 Å². The lowest BCUT2D eigenvalue weighted by molar-refractivity contribution is -0.129. The van der Waals surface area contributed by atoms with Gasteiger partial charge in [-0.25, -0.2) is 4.79 Å². The lowest BCUT2D eigenvalue weighted by Crippen LogP contribution is -2.46. The van der Waals surface area contributed by atoms with Gasteiger partial charge in [0, 0.05) is 20.7 Å². The fourth-order valence-corrected chi connectivity index (χ4v) is 3.99. The number of hydrogen-bond donors (Lipinski definition) is 2. The van der Waals surface area contributed by atoms with Crippen molar-refractivity contribution in [1.29, 1.82) is 0 Å². The summed E-state index contributed by atoms with van der Waals surface area (Å²) in [6.07, 6.45) is -1.14. The third-order valence-corrected chi connectivity index (χ3v) is 5.64. The van der Waals surface area contributed by atoms with Crippen LogP contribution in [0.5, 0.6) is 0 Å². The molecule has 0 spiro atoms. The van der Waals surface area contributed by atoms with Crippen LogP contribution in [0.15, 0.2) is 48.5 Å². The molecule has 1 aromatic heterocycles. The van der Waals surface area contributed by atoms with E-state index in [-0.39, 0.29) is 9.90 Å². The summed E-state index contributed by atoms with van der Waals surface area (Å²) >= 11 is 13.3. The number of nitrogens with one attached hydrogen (secondary N) is 2. The molecule has 144 valence electrons. The highest BCUT2D eigenvalue weighted by Gasteiger charge is 2.24. The maximum Gasteiger partial charge on any atom is 0.350 e. The van der Waals surface area contributed by atoms with Gasteiger partial charge in [0.05, 0.1) is 5.02 Å². The average molecular weight is 437 g/mol. The van der Waals surface area contributed by atoms with Crippen LogP contribution in [0.25, 0.3) is 10.1 Å². The summed E-state index contributed by atoms with van der Waals surface area (Å²) in [7, 11) is 0. The molecule has 1 atom stereocenters. The zero-order valence-corrected chi connectivity index (χ0v) is 16.8. The second-order valence-corrected chi connectivity index (χ2v) is 7.61. The molecule has 3 aromatic rings. The van der Waals surface area contributed by atoms with Gasteiger partial charge in [-0.3, -0.25) is 20.4 Å². The van der Waals surface area contributed by atoms with Crippen molar-refractivity contribution in [3.8, 4) is 0 Å². The Morgan fingerprint density at radius 2 is 1.75 bits per heavy atom. The molecule has 0 unspecified atom stereocenters. The number of amides is 2. The molecule has 0 aliphatic rings. The maximum atomic E-state index is 12.4. The monoisotopic (exact) mass is 436 g/mol. The van der Waals surface area contributed by atoms with Crippen LogP contribution in [0, 0.1) is 0 Å². The van der Waals surface area contributed by atoms with E-state index in [2.05, 4.69) is 10.9 Å². The first-order valence-electron chi connectivity index (χ1n) is 8.10. The second kappa shape index (κ2) is 8.60. The molecule has 1 heterocycles. The zero-order valence-electron chi connectivity index (χ0n) is 14.5. The number of hydrogen-bond acceptors (Lipinski definition) is 5. The van der Waals surface area contributed by atoms with Crippen LogP contribution in [0.3, 0.4) is 0 Å². The Balaban J connectivity index is 1.61. The van der Waals surface area contributed by atoms with Crippen LogP contribution in [0.2, 0.25) is 10.0 Å². The number of esters is 1. The maximum absolute atomic E-state index is 12.4. The molecule has 0 aliphatic heterocycles. The van der Waals surface area contributed by atoms with Crippen molar-refractivity contribution in [2.24, 2.45) is 0 Å². The van der Waals surface area contributed by atoms with Gasteiger partial charge in [0.15, 0.2) is 6.10 Å². The number of rotatable bonds is 4. The lowest BCUT2D eigenvalue weighted by atomic mass is 10.2. The molecule has 9 heteroatoms. The molecule has 2 N–H and O–H groups in total. The minimum atomic E-state index is -1.14. The summed E-state index contributed by atoms with van der Waals surface area (Å²) in [5.41, 5.74) is 4.87. The van der Waals surface area contributed by atoms with Gasteiger partial charge in [-0.2, -0.15) is 0 Å². The van der Waals surface area contributed by atoms with Crippen molar-refractivity contribution in [1.82, 2.24) is 10.9 Å². The molecular formula is C19H14Cl2N2O4S. The molecule has 2 amide bonds. The van der Waals surface area contributed by atoms with Crippen LogP contribution >= 0.6 is 34.5 Å². The molecule has 0 saturated heterocycles. The highest BCUT2D eigenvalue weighted by molar-refractivity contribution is 7.21. The third kappa shape index (κ3) is 4.44. The largest absolute Gasteiger partial charge is 0.448 e. The number of carbonyl (C=O) groups is 3. The van der Waals surface area contributed by atoms with Gasteiger partial charge in [0.1, 0.15) is 4.88 Å². The summed E-state index contributed by atoms with van der Waals surface area (Å²) in [4.78, 5) is 36.6. The number of benzene rings is 2. The molecular weight excluding hydrogens is 423 g/mol. The number of carbonyl (C=O) groups excluding carboxylic acids is 3. The standard InChI is InChI=1S/C19H14Cl2N2O4S/c1-10(17(24)22-23-18(25)11-5-3-2-4-6-11)27-19(26)16-15(21)13-8-7-12(20)9-14(13)28-16/h2-10H,1H3,(H,22,24)(H,23,25)/t10-/m0/s1. The lowest BCUT2D eigenvalue weighted by Gasteiger charge is -2.13. The summed E-state index contributed by atoms with van der Waals surface area (Å²) < 4.78 is 5.90. The Labute approximate surface area is 174 Å². The van der Waals surface area contributed by atoms with Gasteiger partial charge in [-0.15, -0.1) is 11.3 Å². The van der Waals surface area contributed by atoms with E-state index >= 15 is 0 Å². The van der Waals surface area contributed by atoms with Crippen molar-refractivity contribution < 1.29 is 19.1 Å². The minimum Gasteiger partial charge on any atom is -0.448 e. The molecule has 0 saturated carbocycles. The number of fused-ring (bicyclic) bond motifs is 1. The van der Waals surface area contributed by atoms with Crippen molar-refractivity contribution in [3.05, 3.63) is 69.0 Å². The topological polar surface area (TPSA) is 84.5 Å². The molecule has 0 aliphatic carbocycles. The van der Waals surface area contributed by atoms with E-state index in [0.717, 1.165) is 16.0 Å². The smallest absolute Gasteiger partial charge is 0.350 e. The van der Waals surface area contributed by atoms with E-state index in [1.54, 1.807) is 48.5 Å². The Bertz CT molecular complexity index is 1050. The summed E-state index contributed by atoms with van der Waals surface area (Å²) in [5.74, 6) is -1.91. The third-order valence-electron chi connectivity index (χ3n) is 3.77. The molecule has 0 fully saturated rings. The SMILES string of the molecule is C[C@H](OC(=O)c1sc2cc(Cl)ccc2c1Cl)C(=O)NNC(=O)c1ccccc1. The van der Waals surface area contributed by atoms with Crippen LogP contribution in [0.4, 0.5) is 0 Å². The van der Waals surface area contributed by atoms with Crippen LogP contribution in [-0.2, 0) is 9.53 Å². The molecule has 0 radical (unpaired) electrons. The highest BCUT2D eigenvalue weighted by Crippen LogP contribution is 2.37. The Morgan fingerprint density at radius 1 is 1.04 bits per heavy atom. The normalized spacial score (nSPS) is 11.7. The van der Waals surface area contributed by atoms with Crippen LogP contribution in [0.1, 0.15) is 27.0 Å². The quantitative estimate of drug-likeness (QED) is 0.473. The number of thiophene rings is 1. The summed E-state index contributed by atoms with van der Waals surface area (Å²) in [5, 5.41) is 1.44. The fourth-order valence-electron chi connectivity index (χ4n) is 2.32. The van der Waals surface area contributed by atoms with Crippen molar-refractivity contribution in [3.63, 3.8) is 0 Å². The van der Waals surface area contributed by atoms with E-state index in [1.807, 2.05) is 0 Å². The summed E-state index contributed by atoms with van der Waals surface area (Å²) in [6.45, 7) is 1.39. The highest BCUT2D eigenvalue weighted by atomic mass is 35.5. The zero-order chi connectivity index (χ0) is 20.3. The van der Waals surface area contributed by atoms with Crippen molar-refractivity contribution in [2.45, 2.75) is 13.0 Å². The van der Waals surface area contributed by atoms with Crippen molar-refractivity contribution in [2.75, 3.05) is 0 Å². The predicted molar refractivity (Wildman–Crippen MR) is 109 cm³/mol. The molecule has 28 heavy (non-hydrogen) atoms. The molecule has 0 bridgehead atoms. The van der Waals surface area contributed by atoms with Gasteiger partial charge < -0.3 is 4.74 Å². The van der Waals surface area contributed by atoms with E-state index in [1.165, 1.54) is 6.92 Å². The number of hydrazine groups is 1. The van der Waals surface area contributed by atoms with Gasteiger partial charge in [0.2, 0.25) is 0 Å². The summed E-state index contributed by atoms with van der Waals surface area (Å²) in [6, 6.07) is 13.4. The fraction of sp³-hybridized carbons (Fsp3) is 0.105. The Morgan fingerprint density at radius 3 is 2.46 bits per heavy atom. The van der Waals surface area contributed by atoms with E-state index in [0.29, 0.717) is 16.0 Å². The second-order valence-electron chi connectivity index (χ2n) is 5.74. The first-order valence-corrected chi connectivity index (χ1v) is 9.68. The van der Waals surface area contributed by atoms with E-state index in [9.17, 15) is 14.4 Å². The Hall–Kier alpha value is -2.61. The van der Waals surface area contributed by atoms with E-state index < -0.39 is 23.9 Å². The van der Waals surface area contributed by atoms with Gasteiger partial charge in [0.25, 0.3) is 11.8 Å². The van der Waals surface area contributed by atoms with Crippen LogP contribution in [-0.4, -0.2) is 23.9 Å². The molecule has 3 rings (SSSR count). The number of halogens is 2. The number of ether oxygens (including phenoxy) is 1. The first kappa shape index (κ1) is 20.1. The van der Waals surface area contributed by atoms with Gasteiger partial charge in [-0.1, -0.05) is 47.5 Å². The average Bonchev–Trinajstić information content (AvgIpc) is 3.02.